The van der Waals surface area contributed by atoms with Gasteiger partial charge in [-0.1, -0.05) is 0 Å². The number of benzene rings is 2. The maximum Gasteiger partial charge on any atom is 0.338 e. The summed E-state index contributed by atoms with van der Waals surface area (Å²) in [5.74, 6) is -1.43. The lowest BCUT2D eigenvalue weighted by Crippen LogP contribution is -2.20. The number of nitrogens with zero attached hydrogens (tertiary/aromatic N) is 1. The van der Waals surface area contributed by atoms with Gasteiger partial charge in [0.2, 0.25) is 0 Å². The van der Waals surface area contributed by atoms with Crippen LogP contribution in [0.15, 0.2) is 47.8 Å². The standard InChI is InChI=1S/C19H16N2O6S/c1-26-13-5-2-11(3-6-13)14-10-28-19(20-14)21-17(24)9-27-18(25)12-4-7-15(22)16(23)8-12/h2-8,10,22-23H,9H2,1H3,(H,20,21,24). The molecule has 0 aliphatic heterocycles. The van der Waals surface area contributed by atoms with Crippen molar-refractivity contribution in [3.8, 4) is 28.5 Å². The highest BCUT2D eigenvalue weighted by Crippen LogP contribution is 2.27. The smallest absolute Gasteiger partial charge is 0.338 e. The van der Waals surface area contributed by atoms with E-state index in [0.29, 0.717) is 10.8 Å². The van der Waals surface area contributed by atoms with Crippen LogP contribution in [-0.4, -0.2) is 40.8 Å². The number of rotatable bonds is 6. The Morgan fingerprint density at radius 1 is 1.11 bits per heavy atom. The molecule has 0 radical (unpaired) electrons. The molecule has 1 aromatic heterocycles. The lowest BCUT2D eigenvalue weighted by atomic mass is 10.2. The number of methoxy groups -OCH3 is 1. The van der Waals surface area contributed by atoms with Gasteiger partial charge in [-0.05, 0) is 42.5 Å². The molecule has 0 unspecified atom stereocenters. The molecule has 3 aromatic rings. The lowest BCUT2D eigenvalue weighted by Gasteiger charge is -2.05. The molecule has 8 nitrogen and oxygen atoms in total. The molecule has 1 amide bonds. The van der Waals surface area contributed by atoms with Gasteiger partial charge in [-0.2, -0.15) is 0 Å². The second kappa shape index (κ2) is 8.40. The number of hydrogen-bond donors (Lipinski definition) is 3. The summed E-state index contributed by atoms with van der Waals surface area (Å²) in [5, 5.41) is 23.4. The topological polar surface area (TPSA) is 118 Å². The van der Waals surface area contributed by atoms with Crippen LogP contribution in [0.3, 0.4) is 0 Å². The van der Waals surface area contributed by atoms with Crippen molar-refractivity contribution in [2.75, 3.05) is 19.0 Å². The Hall–Kier alpha value is -3.59. The van der Waals surface area contributed by atoms with Crippen LogP contribution in [0.2, 0.25) is 0 Å². The van der Waals surface area contributed by atoms with E-state index < -0.39 is 24.2 Å². The van der Waals surface area contributed by atoms with Gasteiger partial charge in [0.25, 0.3) is 5.91 Å². The molecule has 144 valence electrons. The minimum absolute atomic E-state index is 0.0131. The molecular formula is C19H16N2O6S. The molecule has 0 aliphatic rings. The summed E-state index contributed by atoms with van der Waals surface area (Å²) in [7, 11) is 1.59. The first kappa shape index (κ1) is 19.2. The maximum atomic E-state index is 12.0. The predicted molar refractivity (Wildman–Crippen MR) is 103 cm³/mol. The summed E-state index contributed by atoms with van der Waals surface area (Å²) >= 11 is 1.24. The number of thiazole rings is 1. The fourth-order valence-corrected chi connectivity index (χ4v) is 2.98. The first-order valence-corrected chi connectivity index (χ1v) is 8.93. The molecular weight excluding hydrogens is 384 g/mol. The van der Waals surface area contributed by atoms with E-state index in [1.165, 1.54) is 17.4 Å². The number of amides is 1. The second-order valence-electron chi connectivity index (χ2n) is 5.59. The summed E-state index contributed by atoms with van der Waals surface area (Å²) in [5.41, 5.74) is 1.58. The highest BCUT2D eigenvalue weighted by Gasteiger charge is 2.14. The molecule has 0 aliphatic carbocycles. The monoisotopic (exact) mass is 400 g/mol. The summed E-state index contributed by atoms with van der Waals surface area (Å²) in [6, 6.07) is 10.8. The fourth-order valence-electron chi connectivity index (χ4n) is 2.25. The number of phenolic OH excluding ortho intramolecular Hbond substituents is 2. The molecule has 0 fully saturated rings. The van der Waals surface area contributed by atoms with Gasteiger partial charge < -0.3 is 19.7 Å². The van der Waals surface area contributed by atoms with Crippen molar-refractivity contribution in [3.05, 3.63) is 53.4 Å². The molecule has 2 aromatic carbocycles. The number of phenols is 2. The van der Waals surface area contributed by atoms with Gasteiger partial charge >= 0.3 is 5.97 Å². The van der Waals surface area contributed by atoms with Crippen LogP contribution in [-0.2, 0) is 9.53 Å². The van der Waals surface area contributed by atoms with Crippen molar-refractivity contribution >= 4 is 28.3 Å². The summed E-state index contributed by atoms with van der Waals surface area (Å²) in [6.07, 6.45) is 0. The maximum absolute atomic E-state index is 12.0. The molecule has 0 saturated heterocycles. The van der Waals surface area contributed by atoms with E-state index in [-0.39, 0.29) is 11.3 Å². The number of carbonyl (C=O) groups excluding carboxylic acids is 2. The first-order chi connectivity index (χ1) is 13.5. The SMILES string of the molecule is COc1ccc(-c2csc(NC(=O)COC(=O)c3ccc(O)c(O)c3)n2)cc1. The van der Waals surface area contributed by atoms with Crippen LogP contribution in [0, 0.1) is 0 Å². The second-order valence-corrected chi connectivity index (χ2v) is 6.45. The molecule has 28 heavy (non-hydrogen) atoms. The number of hydrogen-bond acceptors (Lipinski definition) is 8. The van der Waals surface area contributed by atoms with Gasteiger partial charge in [0.1, 0.15) is 5.75 Å². The zero-order valence-corrected chi connectivity index (χ0v) is 15.5. The van der Waals surface area contributed by atoms with E-state index >= 15 is 0 Å². The quantitative estimate of drug-likeness (QED) is 0.430. The van der Waals surface area contributed by atoms with E-state index in [4.69, 9.17) is 9.47 Å². The Labute approximate surface area is 164 Å². The number of carbonyl (C=O) groups is 2. The Morgan fingerprint density at radius 3 is 2.54 bits per heavy atom. The minimum Gasteiger partial charge on any atom is -0.504 e. The lowest BCUT2D eigenvalue weighted by molar-refractivity contribution is -0.119. The predicted octanol–water partition coefficient (Wildman–Crippen LogP) is 3.03. The van der Waals surface area contributed by atoms with Gasteiger partial charge in [-0.3, -0.25) is 10.1 Å². The average Bonchev–Trinajstić information content (AvgIpc) is 3.16. The number of aromatic nitrogens is 1. The van der Waals surface area contributed by atoms with Crippen molar-refractivity contribution in [2.24, 2.45) is 0 Å². The van der Waals surface area contributed by atoms with Crippen LogP contribution in [0.5, 0.6) is 17.2 Å². The molecule has 3 N–H and O–H groups in total. The van der Waals surface area contributed by atoms with Crippen LogP contribution in [0.4, 0.5) is 5.13 Å². The Morgan fingerprint density at radius 2 is 1.86 bits per heavy atom. The fraction of sp³-hybridized carbons (Fsp3) is 0.105. The van der Waals surface area contributed by atoms with Crippen molar-refractivity contribution in [3.63, 3.8) is 0 Å². The van der Waals surface area contributed by atoms with Crippen LogP contribution in [0.25, 0.3) is 11.3 Å². The van der Waals surface area contributed by atoms with E-state index in [9.17, 15) is 19.8 Å². The number of ether oxygens (including phenoxy) is 2. The van der Waals surface area contributed by atoms with Crippen molar-refractivity contribution in [1.82, 2.24) is 4.98 Å². The van der Waals surface area contributed by atoms with Gasteiger partial charge in [0, 0.05) is 10.9 Å². The Bertz CT molecular complexity index is 1000. The van der Waals surface area contributed by atoms with Gasteiger partial charge in [0.15, 0.2) is 23.2 Å². The van der Waals surface area contributed by atoms with Crippen LogP contribution >= 0.6 is 11.3 Å². The largest absolute Gasteiger partial charge is 0.504 e. The van der Waals surface area contributed by atoms with Gasteiger partial charge in [-0.25, -0.2) is 9.78 Å². The molecule has 0 spiro atoms. The average molecular weight is 400 g/mol. The molecule has 1 heterocycles. The number of esters is 1. The number of anilines is 1. The van der Waals surface area contributed by atoms with E-state index in [2.05, 4.69) is 10.3 Å². The highest BCUT2D eigenvalue weighted by atomic mass is 32.1. The third-order valence-electron chi connectivity index (χ3n) is 3.68. The molecule has 3 rings (SSSR count). The van der Waals surface area contributed by atoms with Gasteiger partial charge in [0.05, 0.1) is 18.4 Å². The van der Waals surface area contributed by atoms with Crippen molar-refractivity contribution < 1.29 is 29.3 Å². The molecule has 0 atom stereocenters. The van der Waals surface area contributed by atoms with E-state index in [1.807, 2.05) is 24.3 Å². The van der Waals surface area contributed by atoms with Crippen molar-refractivity contribution in [1.29, 1.82) is 0 Å². The zero-order chi connectivity index (χ0) is 20.1. The molecule has 0 bridgehead atoms. The minimum atomic E-state index is -0.802. The highest BCUT2D eigenvalue weighted by molar-refractivity contribution is 7.14. The van der Waals surface area contributed by atoms with Crippen LogP contribution < -0.4 is 10.1 Å². The van der Waals surface area contributed by atoms with E-state index in [0.717, 1.165) is 23.4 Å². The number of nitrogens with one attached hydrogen (secondary N) is 1. The van der Waals surface area contributed by atoms with Crippen LogP contribution in [0.1, 0.15) is 10.4 Å². The number of aromatic hydroxyl groups is 2. The Balaban J connectivity index is 1.55. The normalized spacial score (nSPS) is 10.3. The summed E-state index contributed by atoms with van der Waals surface area (Å²) < 4.78 is 10.0. The molecule has 9 heteroatoms. The Kier molecular flexibility index (Phi) is 5.75. The third-order valence-corrected chi connectivity index (χ3v) is 4.44. The van der Waals surface area contributed by atoms with Crippen molar-refractivity contribution in [2.45, 2.75) is 0 Å². The molecule has 0 saturated carbocycles. The summed E-state index contributed by atoms with van der Waals surface area (Å²) in [6.45, 7) is -0.516. The van der Waals surface area contributed by atoms with E-state index in [1.54, 1.807) is 12.5 Å². The third kappa shape index (κ3) is 4.57. The van der Waals surface area contributed by atoms with Gasteiger partial charge in [-0.15, -0.1) is 11.3 Å². The first-order valence-electron chi connectivity index (χ1n) is 8.05. The zero-order valence-electron chi connectivity index (χ0n) is 14.7. The summed E-state index contributed by atoms with van der Waals surface area (Å²) in [4.78, 5) is 28.2.